The summed E-state index contributed by atoms with van der Waals surface area (Å²) in [4.78, 5) is 27.7. The van der Waals surface area contributed by atoms with Crippen LogP contribution in [0.15, 0.2) is 0 Å². The fourth-order valence-corrected chi connectivity index (χ4v) is 3.36. The maximum atomic E-state index is 12.7. The van der Waals surface area contributed by atoms with E-state index in [0.29, 0.717) is 25.4 Å². The van der Waals surface area contributed by atoms with E-state index < -0.39 is 11.4 Å². The molecule has 5 nitrogen and oxygen atoms in total. The fraction of sp³-hybridized carbons (Fsp3) is 0.867. The van der Waals surface area contributed by atoms with Crippen LogP contribution in [0.4, 0.5) is 4.79 Å². The van der Waals surface area contributed by atoms with Crippen LogP contribution < -0.4 is 0 Å². The van der Waals surface area contributed by atoms with E-state index >= 15 is 0 Å². The number of carbonyl (C=O) groups is 2. The van der Waals surface area contributed by atoms with Crippen molar-refractivity contribution in [3.8, 4) is 0 Å². The minimum Gasteiger partial charge on any atom is -0.481 e. The molecule has 1 N–H and O–H groups in total. The first-order valence-corrected chi connectivity index (χ1v) is 7.64. The first-order chi connectivity index (χ1) is 9.35. The zero-order valence-corrected chi connectivity index (χ0v) is 12.8. The lowest BCUT2D eigenvalue weighted by Crippen LogP contribution is -2.56. The number of urea groups is 1. The van der Waals surface area contributed by atoms with Gasteiger partial charge in [-0.05, 0) is 45.4 Å². The van der Waals surface area contributed by atoms with Gasteiger partial charge in [0.05, 0.1) is 5.41 Å². The molecule has 2 heterocycles. The quantitative estimate of drug-likeness (QED) is 0.803. The van der Waals surface area contributed by atoms with E-state index in [1.807, 2.05) is 4.90 Å². The van der Waals surface area contributed by atoms with Gasteiger partial charge < -0.3 is 14.9 Å². The van der Waals surface area contributed by atoms with Gasteiger partial charge in [0.25, 0.3) is 0 Å². The van der Waals surface area contributed by atoms with E-state index in [1.54, 1.807) is 11.8 Å². The summed E-state index contributed by atoms with van der Waals surface area (Å²) in [5.41, 5.74) is -0.793. The fourth-order valence-electron chi connectivity index (χ4n) is 3.36. The Kier molecular flexibility index (Phi) is 4.25. The lowest BCUT2D eigenvalue weighted by atomic mass is 9.82. The van der Waals surface area contributed by atoms with Crippen LogP contribution in [-0.4, -0.2) is 52.6 Å². The van der Waals surface area contributed by atoms with Crippen molar-refractivity contribution in [1.29, 1.82) is 0 Å². The van der Waals surface area contributed by atoms with Gasteiger partial charge in [-0.3, -0.25) is 4.79 Å². The maximum Gasteiger partial charge on any atom is 0.320 e. The molecule has 0 spiro atoms. The topological polar surface area (TPSA) is 60.9 Å². The summed E-state index contributed by atoms with van der Waals surface area (Å²) in [5, 5.41) is 9.35. The van der Waals surface area contributed by atoms with Crippen LogP contribution in [0.25, 0.3) is 0 Å². The van der Waals surface area contributed by atoms with Crippen LogP contribution in [-0.2, 0) is 4.79 Å². The first kappa shape index (κ1) is 15.1. The van der Waals surface area contributed by atoms with Crippen LogP contribution in [0, 0.1) is 11.3 Å². The normalized spacial score (nSPS) is 35.0. The molecule has 3 atom stereocenters. The van der Waals surface area contributed by atoms with Crippen molar-refractivity contribution in [2.24, 2.45) is 11.3 Å². The summed E-state index contributed by atoms with van der Waals surface area (Å²) in [7, 11) is 0. The number of piperidine rings is 2. The molecule has 0 aromatic carbocycles. The third kappa shape index (κ3) is 2.76. The van der Waals surface area contributed by atoms with Crippen molar-refractivity contribution in [3.63, 3.8) is 0 Å². The Bertz CT molecular complexity index is 399. The monoisotopic (exact) mass is 282 g/mol. The van der Waals surface area contributed by atoms with Crippen LogP contribution in [0.5, 0.6) is 0 Å². The van der Waals surface area contributed by atoms with Crippen LogP contribution in [0.1, 0.15) is 46.5 Å². The summed E-state index contributed by atoms with van der Waals surface area (Å²) in [6.07, 6.45) is 3.63. The third-order valence-corrected chi connectivity index (χ3v) is 5.10. The molecule has 5 heteroatoms. The molecule has 20 heavy (non-hydrogen) atoms. The Morgan fingerprint density at radius 3 is 2.55 bits per heavy atom. The Morgan fingerprint density at radius 1 is 1.20 bits per heavy atom. The molecule has 0 saturated carbocycles. The molecule has 0 aliphatic carbocycles. The SMILES string of the molecule is CC1CCCN(C(=O)N2CCCC(C)(C(=O)O)C2)C1C. The molecular weight excluding hydrogens is 256 g/mol. The Balaban J connectivity index is 2.07. The number of hydrogen-bond donors (Lipinski definition) is 1. The molecule has 2 aliphatic rings. The van der Waals surface area contributed by atoms with Gasteiger partial charge in [-0.15, -0.1) is 0 Å². The zero-order chi connectivity index (χ0) is 14.9. The number of aliphatic carboxylic acids is 1. The molecular formula is C15H26N2O3. The van der Waals surface area contributed by atoms with E-state index in [2.05, 4.69) is 13.8 Å². The number of carboxylic acids is 1. The highest BCUT2D eigenvalue weighted by atomic mass is 16.4. The van der Waals surface area contributed by atoms with Gasteiger partial charge in [-0.2, -0.15) is 0 Å². The smallest absolute Gasteiger partial charge is 0.320 e. The molecule has 114 valence electrons. The summed E-state index contributed by atoms with van der Waals surface area (Å²) >= 11 is 0. The van der Waals surface area contributed by atoms with Gasteiger partial charge in [0.2, 0.25) is 0 Å². The van der Waals surface area contributed by atoms with Gasteiger partial charge in [-0.25, -0.2) is 4.79 Å². The molecule has 2 saturated heterocycles. The standard InChI is InChI=1S/C15H26N2O3/c1-11-6-4-9-17(12(11)2)14(20)16-8-5-7-15(3,10-16)13(18)19/h11-12H,4-10H2,1-3H3,(H,18,19). The molecule has 0 aromatic heterocycles. The van der Waals surface area contributed by atoms with Crippen molar-refractivity contribution in [2.75, 3.05) is 19.6 Å². The number of likely N-dealkylation sites (tertiary alicyclic amines) is 2. The van der Waals surface area contributed by atoms with Gasteiger partial charge in [-0.1, -0.05) is 6.92 Å². The lowest BCUT2D eigenvalue weighted by Gasteiger charge is -2.44. The summed E-state index contributed by atoms with van der Waals surface area (Å²) in [6.45, 7) is 7.84. The number of amides is 2. The molecule has 2 rings (SSSR count). The average molecular weight is 282 g/mol. The van der Waals surface area contributed by atoms with E-state index in [0.717, 1.165) is 25.8 Å². The van der Waals surface area contributed by atoms with Crippen LogP contribution in [0.2, 0.25) is 0 Å². The minimum atomic E-state index is -0.796. The Labute approximate surface area is 120 Å². The van der Waals surface area contributed by atoms with E-state index in [1.165, 1.54) is 0 Å². The predicted octanol–water partition coefficient (Wildman–Crippen LogP) is 2.41. The first-order valence-electron chi connectivity index (χ1n) is 7.64. The van der Waals surface area contributed by atoms with Gasteiger partial charge in [0.15, 0.2) is 0 Å². The summed E-state index contributed by atoms with van der Waals surface area (Å²) in [6, 6.07) is 0.269. The second-order valence-electron chi connectivity index (χ2n) is 6.73. The van der Waals surface area contributed by atoms with E-state index in [4.69, 9.17) is 0 Å². The average Bonchev–Trinajstić information content (AvgIpc) is 2.41. The molecule has 2 amide bonds. The maximum absolute atomic E-state index is 12.7. The minimum absolute atomic E-state index is 0.0243. The number of carbonyl (C=O) groups excluding carboxylic acids is 1. The second-order valence-corrected chi connectivity index (χ2v) is 6.73. The van der Waals surface area contributed by atoms with Gasteiger partial charge in [0.1, 0.15) is 0 Å². The van der Waals surface area contributed by atoms with Crippen molar-refractivity contribution in [1.82, 2.24) is 9.80 Å². The highest BCUT2D eigenvalue weighted by Gasteiger charge is 2.41. The lowest BCUT2D eigenvalue weighted by molar-refractivity contribution is -0.150. The molecule has 0 radical (unpaired) electrons. The number of nitrogens with zero attached hydrogens (tertiary/aromatic N) is 2. The Morgan fingerprint density at radius 2 is 1.90 bits per heavy atom. The summed E-state index contributed by atoms with van der Waals surface area (Å²) < 4.78 is 0. The van der Waals surface area contributed by atoms with Crippen molar-refractivity contribution >= 4 is 12.0 Å². The van der Waals surface area contributed by atoms with E-state index in [9.17, 15) is 14.7 Å². The van der Waals surface area contributed by atoms with Crippen LogP contribution in [0.3, 0.4) is 0 Å². The predicted molar refractivity (Wildman–Crippen MR) is 76.5 cm³/mol. The van der Waals surface area contributed by atoms with E-state index in [-0.39, 0.29) is 12.1 Å². The molecule has 0 bridgehead atoms. The zero-order valence-electron chi connectivity index (χ0n) is 12.8. The van der Waals surface area contributed by atoms with Crippen molar-refractivity contribution in [3.05, 3.63) is 0 Å². The summed E-state index contributed by atoms with van der Waals surface area (Å²) in [5.74, 6) is -0.279. The second kappa shape index (κ2) is 5.62. The molecule has 2 aliphatic heterocycles. The van der Waals surface area contributed by atoms with Crippen LogP contribution >= 0.6 is 0 Å². The number of carboxylic acid groups (broad SMARTS) is 1. The molecule has 0 aromatic rings. The number of rotatable bonds is 1. The van der Waals surface area contributed by atoms with Gasteiger partial charge >= 0.3 is 12.0 Å². The van der Waals surface area contributed by atoms with Crippen molar-refractivity contribution in [2.45, 2.75) is 52.5 Å². The number of hydrogen-bond acceptors (Lipinski definition) is 2. The Hall–Kier alpha value is -1.26. The highest BCUT2D eigenvalue weighted by Crippen LogP contribution is 2.31. The van der Waals surface area contributed by atoms with Gasteiger partial charge in [0, 0.05) is 25.7 Å². The largest absolute Gasteiger partial charge is 0.481 e. The highest BCUT2D eigenvalue weighted by molar-refractivity contribution is 5.78. The molecule has 2 fully saturated rings. The third-order valence-electron chi connectivity index (χ3n) is 5.10. The molecule has 3 unspecified atom stereocenters. The van der Waals surface area contributed by atoms with Crippen molar-refractivity contribution < 1.29 is 14.7 Å².